The molecule has 2 heterocycles. The molecule has 0 bridgehead atoms. The van der Waals surface area contributed by atoms with Gasteiger partial charge < -0.3 is 20.0 Å². The molecule has 2 N–H and O–H groups in total. The summed E-state index contributed by atoms with van der Waals surface area (Å²) in [5.74, 6) is 3.15. The number of amides is 1. The van der Waals surface area contributed by atoms with Crippen molar-refractivity contribution in [2.75, 3.05) is 26.2 Å². The maximum atomic E-state index is 12.7. The van der Waals surface area contributed by atoms with Crippen LogP contribution in [0.4, 0.5) is 0 Å². The highest BCUT2D eigenvalue weighted by Crippen LogP contribution is 2.23. The molecule has 2 fully saturated rings. The maximum absolute atomic E-state index is 12.7. The van der Waals surface area contributed by atoms with Crippen LogP contribution in [-0.2, 0) is 11.2 Å². The number of aliphatic imine (C=N–C) groups is 1. The third-order valence-corrected chi connectivity index (χ3v) is 6.96. The zero-order valence-corrected chi connectivity index (χ0v) is 22.3. The first-order valence-corrected chi connectivity index (χ1v) is 12.6. The van der Waals surface area contributed by atoms with Crippen molar-refractivity contribution >= 4 is 35.8 Å². The third kappa shape index (κ3) is 8.60. The van der Waals surface area contributed by atoms with E-state index in [2.05, 4.69) is 29.4 Å². The standard InChI is InChI=1S/C25H42N4O2.HI/c1-3-21(4-2)24(30)29-16-13-22(14-17-29)28-25(26-15-12-23-11-8-18-31-23)27-19-20-9-6-5-7-10-20;/h8,11,18,20-22H,3-7,9-10,12-17,19H2,1-2H3,(H2,26,27,28);1H. The highest BCUT2D eigenvalue weighted by atomic mass is 127. The van der Waals surface area contributed by atoms with E-state index in [1.165, 1.54) is 32.1 Å². The van der Waals surface area contributed by atoms with Gasteiger partial charge >= 0.3 is 0 Å². The van der Waals surface area contributed by atoms with E-state index < -0.39 is 0 Å². The average Bonchev–Trinajstić information content (AvgIpc) is 3.33. The molecule has 1 aliphatic heterocycles. The van der Waals surface area contributed by atoms with Gasteiger partial charge in [-0.1, -0.05) is 33.1 Å². The quantitative estimate of drug-likeness (QED) is 0.255. The van der Waals surface area contributed by atoms with Crippen molar-refractivity contribution in [2.24, 2.45) is 16.8 Å². The lowest BCUT2D eigenvalue weighted by Gasteiger charge is -2.35. The van der Waals surface area contributed by atoms with E-state index in [1.807, 2.05) is 12.1 Å². The number of carbonyl (C=O) groups excluding carboxylic acids is 1. The number of rotatable bonds is 9. The second-order valence-electron chi connectivity index (χ2n) is 9.21. The second-order valence-corrected chi connectivity index (χ2v) is 9.21. The van der Waals surface area contributed by atoms with Gasteiger partial charge in [0.15, 0.2) is 5.96 Å². The summed E-state index contributed by atoms with van der Waals surface area (Å²) in [6.45, 7) is 7.62. The number of hydrogen-bond acceptors (Lipinski definition) is 3. The minimum atomic E-state index is 0. The average molecular weight is 559 g/mol. The van der Waals surface area contributed by atoms with Gasteiger partial charge in [-0.3, -0.25) is 9.79 Å². The Kier molecular flexibility index (Phi) is 12.5. The molecule has 32 heavy (non-hydrogen) atoms. The Hall–Kier alpha value is -1.25. The fraction of sp³-hybridized carbons (Fsp3) is 0.760. The molecule has 0 unspecified atom stereocenters. The smallest absolute Gasteiger partial charge is 0.225 e. The van der Waals surface area contributed by atoms with Gasteiger partial charge in [-0.2, -0.15) is 0 Å². The minimum absolute atomic E-state index is 0. The number of nitrogens with one attached hydrogen (secondary N) is 2. The summed E-state index contributed by atoms with van der Waals surface area (Å²) in [6.07, 6.45) is 13.1. The molecule has 6 nitrogen and oxygen atoms in total. The predicted octanol–water partition coefficient (Wildman–Crippen LogP) is 4.98. The van der Waals surface area contributed by atoms with Crippen LogP contribution in [0.2, 0.25) is 0 Å². The monoisotopic (exact) mass is 558 g/mol. The number of halogens is 1. The third-order valence-electron chi connectivity index (χ3n) is 6.96. The number of nitrogens with zero attached hydrogens (tertiary/aromatic N) is 2. The number of furan rings is 1. The lowest BCUT2D eigenvalue weighted by molar-refractivity contribution is -0.136. The molecule has 7 heteroatoms. The molecule has 1 amide bonds. The first-order chi connectivity index (χ1) is 15.2. The van der Waals surface area contributed by atoms with Gasteiger partial charge in [-0.15, -0.1) is 24.0 Å². The Balaban J connectivity index is 0.00000363. The van der Waals surface area contributed by atoms with Gasteiger partial charge in [-0.05, 0) is 56.6 Å². The van der Waals surface area contributed by atoms with Crippen LogP contribution >= 0.6 is 24.0 Å². The largest absolute Gasteiger partial charge is 0.469 e. The Morgan fingerprint density at radius 3 is 2.50 bits per heavy atom. The SMILES string of the molecule is CCC(CC)C(=O)N1CCC(NC(=NCC2CCCCC2)NCCc2ccco2)CC1.I. The molecule has 1 saturated heterocycles. The summed E-state index contributed by atoms with van der Waals surface area (Å²) < 4.78 is 5.45. The first-order valence-electron chi connectivity index (χ1n) is 12.6. The summed E-state index contributed by atoms with van der Waals surface area (Å²) in [4.78, 5) is 19.7. The van der Waals surface area contributed by atoms with Gasteiger partial charge in [0.1, 0.15) is 5.76 Å². The summed E-state index contributed by atoms with van der Waals surface area (Å²) in [7, 11) is 0. The lowest BCUT2D eigenvalue weighted by Crippen LogP contribution is -2.51. The highest BCUT2D eigenvalue weighted by molar-refractivity contribution is 14.0. The summed E-state index contributed by atoms with van der Waals surface area (Å²) in [6, 6.07) is 4.31. The molecule has 0 atom stereocenters. The van der Waals surface area contributed by atoms with Gasteiger partial charge in [0.25, 0.3) is 0 Å². The summed E-state index contributed by atoms with van der Waals surface area (Å²) in [5, 5.41) is 7.18. The van der Waals surface area contributed by atoms with E-state index >= 15 is 0 Å². The van der Waals surface area contributed by atoms with Crippen molar-refractivity contribution < 1.29 is 9.21 Å². The molecule has 0 spiro atoms. The van der Waals surface area contributed by atoms with Crippen molar-refractivity contribution in [1.29, 1.82) is 0 Å². The zero-order valence-electron chi connectivity index (χ0n) is 20.0. The minimum Gasteiger partial charge on any atom is -0.469 e. The lowest BCUT2D eigenvalue weighted by atomic mass is 9.89. The number of piperidine rings is 1. The van der Waals surface area contributed by atoms with E-state index in [0.717, 1.165) is 75.9 Å². The first kappa shape index (κ1) is 27.0. The van der Waals surface area contributed by atoms with Crippen LogP contribution in [0.3, 0.4) is 0 Å². The molecule has 2 aliphatic rings. The molecular weight excluding hydrogens is 515 g/mol. The molecule has 0 aromatic carbocycles. The van der Waals surface area contributed by atoms with E-state index in [-0.39, 0.29) is 29.9 Å². The number of guanidine groups is 1. The molecule has 1 aromatic heterocycles. The molecule has 1 aliphatic carbocycles. The van der Waals surface area contributed by atoms with Crippen molar-refractivity contribution in [3.63, 3.8) is 0 Å². The van der Waals surface area contributed by atoms with Crippen LogP contribution in [0.15, 0.2) is 27.8 Å². The van der Waals surface area contributed by atoms with Crippen molar-refractivity contribution in [3.05, 3.63) is 24.2 Å². The summed E-state index contributed by atoms with van der Waals surface area (Å²) in [5.41, 5.74) is 0. The Morgan fingerprint density at radius 1 is 1.16 bits per heavy atom. The van der Waals surface area contributed by atoms with Crippen LogP contribution in [0, 0.1) is 11.8 Å². The Labute approximate surface area is 211 Å². The fourth-order valence-electron chi connectivity index (χ4n) is 4.84. The van der Waals surface area contributed by atoms with E-state index in [0.29, 0.717) is 11.9 Å². The normalized spacial score (nSPS) is 18.5. The van der Waals surface area contributed by atoms with Crippen LogP contribution < -0.4 is 10.6 Å². The number of likely N-dealkylation sites (tertiary alicyclic amines) is 1. The van der Waals surface area contributed by atoms with Gasteiger partial charge in [0, 0.05) is 44.6 Å². The highest BCUT2D eigenvalue weighted by Gasteiger charge is 2.27. The van der Waals surface area contributed by atoms with Crippen LogP contribution in [0.1, 0.15) is 77.4 Å². The van der Waals surface area contributed by atoms with E-state index in [1.54, 1.807) is 6.26 Å². The molecule has 0 radical (unpaired) electrons. The van der Waals surface area contributed by atoms with Crippen molar-refractivity contribution in [3.8, 4) is 0 Å². The Morgan fingerprint density at radius 2 is 1.88 bits per heavy atom. The molecule has 1 aromatic rings. The topological polar surface area (TPSA) is 69.9 Å². The molecule has 1 saturated carbocycles. The van der Waals surface area contributed by atoms with Crippen molar-refractivity contribution in [1.82, 2.24) is 15.5 Å². The second kappa shape index (κ2) is 14.8. The van der Waals surface area contributed by atoms with Crippen LogP contribution in [0.25, 0.3) is 0 Å². The van der Waals surface area contributed by atoms with Gasteiger partial charge in [-0.25, -0.2) is 0 Å². The van der Waals surface area contributed by atoms with E-state index in [9.17, 15) is 4.79 Å². The molecular formula is C25H43IN4O2. The Bertz CT molecular complexity index is 661. The van der Waals surface area contributed by atoms with Crippen LogP contribution in [-0.4, -0.2) is 49.0 Å². The van der Waals surface area contributed by atoms with Gasteiger partial charge in [0.2, 0.25) is 5.91 Å². The van der Waals surface area contributed by atoms with E-state index in [4.69, 9.17) is 9.41 Å². The van der Waals surface area contributed by atoms with Crippen LogP contribution in [0.5, 0.6) is 0 Å². The zero-order chi connectivity index (χ0) is 21.9. The predicted molar refractivity (Wildman–Crippen MR) is 142 cm³/mol. The maximum Gasteiger partial charge on any atom is 0.225 e. The fourth-order valence-corrected chi connectivity index (χ4v) is 4.84. The molecule has 182 valence electrons. The molecule has 3 rings (SSSR count). The summed E-state index contributed by atoms with van der Waals surface area (Å²) >= 11 is 0. The number of hydrogen-bond donors (Lipinski definition) is 2. The van der Waals surface area contributed by atoms with Crippen molar-refractivity contribution in [2.45, 2.75) is 84.1 Å². The van der Waals surface area contributed by atoms with Gasteiger partial charge in [0.05, 0.1) is 6.26 Å². The number of carbonyl (C=O) groups is 1.